The van der Waals surface area contributed by atoms with Crippen LogP contribution in [0.2, 0.25) is 5.02 Å². The van der Waals surface area contributed by atoms with Crippen molar-refractivity contribution in [1.82, 2.24) is 0 Å². The quantitative estimate of drug-likeness (QED) is 0.631. The number of nitrogens with two attached hydrogens (primary N) is 1. The molecule has 0 unspecified atom stereocenters. The number of methoxy groups -OCH3 is 1. The number of carbonyl (C=O) groups is 1. The van der Waals surface area contributed by atoms with E-state index in [2.05, 4.69) is 16.6 Å². The lowest BCUT2D eigenvalue weighted by molar-refractivity contribution is 0.0601. The van der Waals surface area contributed by atoms with Crippen molar-refractivity contribution in [3.63, 3.8) is 0 Å². The molecule has 0 heterocycles. The van der Waals surface area contributed by atoms with Crippen molar-refractivity contribution in [1.29, 1.82) is 0 Å². The fraction of sp³-hybridized carbons (Fsp3) is 0.250. The molecule has 1 rings (SSSR count). The summed E-state index contributed by atoms with van der Waals surface area (Å²) >= 11 is 5.92. The van der Waals surface area contributed by atoms with E-state index in [4.69, 9.17) is 17.3 Å². The highest BCUT2D eigenvalue weighted by Gasteiger charge is 2.09. The minimum atomic E-state index is -0.452. The van der Waals surface area contributed by atoms with Crippen LogP contribution in [-0.2, 0) is 4.74 Å². The molecule has 0 fully saturated rings. The van der Waals surface area contributed by atoms with Gasteiger partial charge in [-0.15, -0.1) is 0 Å². The summed E-state index contributed by atoms with van der Waals surface area (Å²) in [5.74, 6) is 5.34. The standard InChI is InChI=1S/C12H12ClNO2/c1-16-12(15)10-6-5-9(8-11(10)13)4-2-3-7-14/h5-6,8H,3,7,14H2,1H3. The van der Waals surface area contributed by atoms with Gasteiger partial charge in [0.2, 0.25) is 0 Å². The zero-order valence-corrected chi connectivity index (χ0v) is 9.67. The van der Waals surface area contributed by atoms with E-state index in [1.165, 1.54) is 7.11 Å². The minimum absolute atomic E-state index is 0.339. The lowest BCUT2D eigenvalue weighted by Gasteiger charge is -2.01. The fourth-order valence-corrected chi connectivity index (χ4v) is 1.36. The van der Waals surface area contributed by atoms with E-state index in [9.17, 15) is 4.79 Å². The highest BCUT2D eigenvalue weighted by molar-refractivity contribution is 6.33. The van der Waals surface area contributed by atoms with Crippen molar-refractivity contribution >= 4 is 17.6 Å². The first kappa shape index (κ1) is 12.6. The van der Waals surface area contributed by atoms with Gasteiger partial charge in [-0.3, -0.25) is 0 Å². The van der Waals surface area contributed by atoms with Gasteiger partial charge in [0.25, 0.3) is 0 Å². The predicted molar refractivity (Wildman–Crippen MR) is 63.3 cm³/mol. The van der Waals surface area contributed by atoms with Crippen molar-refractivity contribution in [2.24, 2.45) is 5.73 Å². The Bertz CT molecular complexity index is 446. The van der Waals surface area contributed by atoms with E-state index >= 15 is 0 Å². The Morgan fingerprint density at radius 3 is 2.88 bits per heavy atom. The largest absolute Gasteiger partial charge is 0.465 e. The lowest BCUT2D eigenvalue weighted by atomic mass is 10.1. The first-order valence-corrected chi connectivity index (χ1v) is 5.13. The van der Waals surface area contributed by atoms with Crippen LogP contribution in [0, 0.1) is 11.8 Å². The molecule has 3 nitrogen and oxygen atoms in total. The average molecular weight is 238 g/mol. The summed E-state index contributed by atoms with van der Waals surface area (Å²) < 4.78 is 4.58. The van der Waals surface area contributed by atoms with Crippen molar-refractivity contribution in [3.8, 4) is 11.8 Å². The number of esters is 1. The Kier molecular flexibility index (Phi) is 4.84. The predicted octanol–water partition coefficient (Wildman–Crippen LogP) is 1.83. The van der Waals surface area contributed by atoms with E-state index in [0.29, 0.717) is 23.6 Å². The monoisotopic (exact) mass is 237 g/mol. The molecule has 16 heavy (non-hydrogen) atoms. The van der Waals surface area contributed by atoms with Crippen LogP contribution in [0.4, 0.5) is 0 Å². The summed E-state index contributed by atoms with van der Waals surface area (Å²) in [6, 6.07) is 4.96. The molecule has 0 aromatic heterocycles. The molecule has 1 aromatic carbocycles. The number of benzene rings is 1. The Morgan fingerprint density at radius 1 is 1.56 bits per heavy atom. The van der Waals surface area contributed by atoms with Crippen molar-refractivity contribution in [3.05, 3.63) is 34.3 Å². The van der Waals surface area contributed by atoms with Gasteiger partial charge in [0.05, 0.1) is 17.7 Å². The molecule has 2 N–H and O–H groups in total. The molecule has 0 saturated carbocycles. The topological polar surface area (TPSA) is 52.3 Å². The first-order valence-electron chi connectivity index (χ1n) is 4.76. The second-order valence-corrected chi connectivity index (χ2v) is 3.43. The molecule has 0 bridgehead atoms. The molecule has 0 aliphatic rings. The highest BCUT2D eigenvalue weighted by atomic mass is 35.5. The Morgan fingerprint density at radius 2 is 2.31 bits per heavy atom. The number of halogens is 1. The van der Waals surface area contributed by atoms with Crippen LogP contribution >= 0.6 is 11.6 Å². The van der Waals surface area contributed by atoms with Crippen molar-refractivity contribution in [2.45, 2.75) is 6.42 Å². The Labute approximate surface area is 99.5 Å². The van der Waals surface area contributed by atoms with Gasteiger partial charge >= 0.3 is 5.97 Å². The van der Waals surface area contributed by atoms with E-state index in [0.717, 1.165) is 5.56 Å². The normalized spacial score (nSPS) is 9.19. The highest BCUT2D eigenvalue weighted by Crippen LogP contribution is 2.18. The van der Waals surface area contributed by atoms with E-state index in [-0.39, 0.29) is 0 Å². The Balaban J connectivity index is 2.92. The van der Waals surface area contributed by atoms with E-state index in [1.807, 2.05) is 0 Å². The van der Waals surface area contributed by atoms with E-state index < -0.39 is 5.97 Å². The molecule has 4 heteroatoms. The average Bonchev–Trinajstić information content (AvgIpc) is 2.29. The number of rotatable bonds is 2. The molecule has 1 aromatic rings. The van der Waals surface area contributed by atoms with Crippen LogP contribution in [0.1, 0.15) is 22.3 Å². The van der Waals surface area contributed by atoms with Crippen molar-refractivity contribution < 1.29 is 9.53 Å². The SMILES string of the molecule is COC(=O)c1ccc(C#CCCN)cc1Cl. The van der Waals surface area contributed by atoms with Gasteiger partial charge in [0, 0.05) is 18.5 Å². The zero-order valence-electron chi connectivity index (χ0n) is 8.92. The zero-order chi connectivity index (χ0) is 12.0. The van der Waals surface area contributed by atoms with Crippen molar-refractivity contribution in [2.75, 3.05) is 13.7 Å². The van der Waals surface area contributed by atoms with Gasteiger partial charge in [-0.1, -0.05) is 23.4 Å². The molecule has 0 aliphatic heterocycles. The maximum atomic E-state index is 11.2. The molecule has 0 radical (unpaired) electrons. The van der Waals surface area contributed by atoms with Crippen LogP contribution in [0.25, 0.3) is 0 Å². The summed E-state index contributed by atoms with van der Waals surface area (Å²) in [6.07, 6.45) is 0.635. The third-order valence-corrected chi connectivity index (χ3v) is 2.19. The second kappa shape index (κ2) is 6.16. The lowest BCUT2D eigenvalue weighted by Crippen LogP contribution is -2.01. The maximum absolute atomic E-state index is 11.2. The molecule has 84 valence electrons. The third kappa shape index (κ3) is 3.27. The second-order valence-electron chi connectivity index (χ2n) is 3.03. The van der Waals surface area contributed by atoms with Crippen LogP contribution < -0.4 is 5.73 Å². The number of ether oxygens (including phenoxy) is 1. The van der Waals surface area contributed by atoms with Crippen LogP contribution in [0.3, 0.4) is 0 Å². The minimum Gasteiger partial charge on any atom is -0.465 e. The molecule has 0 spiro atoms. The van der Waals surface area contributed by atoms with Gasteiger partial charge < -0.3 is 10.5 Å². The molecule has 0 atom stereocenters. The Hall–Kier alpha value is -1.50. The summed E-state index contributed by atoms with van der Waals surface area (Å²) in [5, 5.41) is 0.339. The molecule has 0 amide bonds. The van der Waals surface area contributed by atoms with E-state index in [1.54, 1.807) is 18.2 Å². The van der Waals surface area contributed by atoms with Crippen LogP contribution in [0.5, 0.6) is 0 Å². The summed E-state index contributed by atoms with van der Waals surface area (Å²) in [4.78, 5) is 11.2. The molecular weight excluding hydrogens is 226 g/mol. The third-order valence-electron chi connectivity index (χ3n) is 1.88. The number of hydrogen-bond acceptors (Lipinski definition) is 3. The van der Waals surface area contributed by atoms with Crippen LogP contribution in [-0.4, -0.2) is 19.6 Å². The van der Waals surface area contributed by atoms with Crippen LogP contribution in [0.15, 0.2) is 18.2 Å². The van der Waals surface area contributed by atoms with Gasteiger partial charge in [-0.2, -0.15) is 0 Å². The molecule has 0 aliphatic carbocycles. The van der Waals surface area contributed by atoms with Gasteiger partial charge in [-0.25, -0.2) is 4.79 Å². The van der Waals surface area contributed by atoms with Gasteiger partial charge in [0.1, 0.15) is 0 Å². The summed E-state index contributed by atoms with van der Waals surface area (Å²) in [7, 11) is 1.31. The van der Waals surface area contributed by atoms with Gasteiger partial charge in [-0.05, 0) is 18.2 Å². The summed E-state index contributed by atoms with van der Waals surface area (Å²) in [6.45, 7) is 0.529. The summed E-state index contributed by atoms with van der Waals surface area (Å²) in [5.41, 5.74) is 6.41. The molecular formula is C12H12ClNO2. The fourth-order valence-electron chi connectivity index (χ4n) is 1.11. The molecule has 0 saturated heterocycles. The maximum Gasteiger partial charge on any atom is 0.339 e. The number of hydrogen-bond donors (Lipinski definition) is 1. The first-order chi connectivity index (χ1) is 7.69. The number of carbonyl (C=O) groups excluding carboxylic acids is 1. The van der Waals surface area contributed by atoms with Gasteiger partial charge in [0.15, 0.2) is 0 Å². The smallest absolute Gasteiger partial charge is 0.339 e.